The Kier molecular flexibility index (Phi) is 6.52. The monoisotopic (exact) mass is 474 g/mol. The summed E-state index contributed by atoms with van der Waals surface area (Å²) in [6.07, 6.45) is 0. The first kappa shape index (κ1) is 22.0. The number of sulfonamides is 1. The van der Waals surface area contributed by atoms with Crippen molar-refractivity contribution in [2.75, 3.05) is 24.2 Å². The molecule has 0 saturated carbocycles. The molecule has 0 atom stereocenters. The van der Waals surface area contributed by atoms with Crippen LogP contribution in [0.1, 0.15) is 0 Å². The molecule has 0 unspecified atom stereocenters. The minimum absolute atomic E-state index is 0.0635. The molecule has 0 saturated heterocycles. The van der Waals surface area contributed by atoms with Crippen LogP contribution in [0.3, 0.4) is 0 Å². The number of nitrogens with one attached hydrogen (secondary N) is 1. The number of oxazole rings is 1. The van der Waals surface area contributed by atoms with Gasteiger partial charge in [-0.25, -0.2) is 17.8 Å². The first-order valence-electron chi connectivity index (χ1n) is 9.52. The van der Waals surface area contributed by atoms with Gasteiger partial charge in [0.25, 0.3) is 15.2 Å². The highest BCUT2D eigenvalue weighted by atomic mass is 32.2. The molecule has 7 nitrogen and oxygen atoms in total. The molecule has 3 aromatic carbocycles. The second kappa shape index (κ2) is 9.49. The molecule has 0 radical (unpaired) electrons. The fourth-order valence-corrected chi connectivity index (χ4v) is 4.56. The highest BCUT2D eigenvalue weighted by Crippen LogP contribution is 2.27. The maximum atomic E-state index is 13.6. The molecule has 0 amide bonds. The third-order valence-corrected chi connectivity index (χ3v) is 6.57. The maximum Gasteiger partial charge on any atom is 0.261 e. The van der Waals surface area contributed by atoms with Crippen LogP contribution in [0, 0.1) is 5.82 Å². The van der Waals surface area contributed by atoms with Crippen LogP contribution in [0.4, 0.5) is 10.1 Å². The number of methoxy groups -OCH3 is 1. The second-order valence-electron chi connectivity index (χ2n) is 6.57. The van der Waals surface area contributed by atoms with Gasteiger partial charge in [0, 0.05) is 11.4 Å². The number of ether oxygens (including phenoxy) is 2. The summed E-state index contributed by atoms with van der Waals surface area (Å²) in [6, 6.07) is 17.2. The van der Waals surface area contributed by atoms with Gasteiger partial charge in [0.15, 0.2) is 17.1 Å². The molecule has 0 aliphatic heterocycles. The third kappa shape index (κ3) is 5.14. The molecular formula is C22H19FN2O5S2. The summed E-state index contributed by atoms with van der Waals surface area (Å²) in [5.74, 6) is 0.869. The third-order valence-electron chi connectivity index (χ3n) is 4.40. The van der Waals surface area contributed by atoms with E-state index in [9.17, 15) is 12.8 Å². The number of benzene rings is 3. The number of fused-ring (bicyclic) bond motifs is 1. The predicted molar refractivity (Wildman–Crippen MR) is 120 cm³/mol. The molecule has 1 heterocycles. The topological polar surface area (TPSA) is 90.7 Å². The molecule has 4 aromatic rings. The van der Waals surface area contributed by atoms with Crippen molar-refractivity contribution in [3.63, 3.8) is 0 Å². The summed E-state index contributed by atoms with van der Waals surface area (Å²) < 4.78 is 57.7. The van der Waals surface area contributed by atoms with Crippen molar-refractivity contribution in [1.82, 2.24) is 4.98 Å². The van der Waals surface area contributed by atoms with E-state index in [2.05, 4.69) is 9.71 Å². The number of aromatic nitrogens is 1. The maximum absolute atomic E-state index is 13.6. The Labute approximate surface area is 188 Å². The first-order chi connectivity index (χ1) is 15.4. The molecule has 32 heavy (non-hydrogen) atoms. The van der Waals surface area contributed by atoms with Crippen LogP contribution in [0.15, 0.2) is 81.3 Å². The average Bonchev–Trinajstić information content (AvgIpc) is 3.20. The van der Waals surface area contributed by atoms with Gasteiger partial charge in [0.05, 0.1) is 18.6 Å². The van der Waals surface area contributed by atoms with Gasteiger partial charge >= 0.3 is 0 Å². The number of hydrogen-bond acceptors (Lipinski definition) is 7. The Morgan fingerprint density at radius 3 is 2.62 bits per heavy atom. The number of rotatable bonds is 9. The van der Waals surface area contributed by atoms with Crippen LogP contribution >= 0.6 is 11.8 Å². The molecule has 0 bridgehead atoms. The van der Waals surface area contributed by atoms with E-state index in [4.69, 9.17) is 13.9 Å². The van der Waals surface area contributed by atoms with E-state index >= 15 is 0 Å². The van der Waals surface area contributed by atoms with Crippen LogP contribution in [-0.4, -0.2) is 32.9 Å². The molecule has 1 N–H and O–H groups in total. The van der Waals surface area contributed by atoms with Gasteiger partial charge in [0.1, 0.15) is 11.3 Å². The summed E-state index contributed by atoms with van der Waals surface area (Å²) in [7, 11) is -2.27. The highest BCUT2D eigenvalue weighted by molar-refractivity contribution is 7.99. The predicted octanol–water partition coefficient (Wildman–Crippen LogP) is 4.95. The van der Waals surface area contributed by atoms with Crippen molar-refractivity contribution < 1.29 is 26.7 Å². The van der Waals surface area contributed by atoms with Gasteiger partial charge in [-0.1, -0.05) is 23.9 Å². The minimum atomic E-state index is -3.81. The van der Waals surface area contributed by atoms with E-state index in [-0.39, 0.29) is 17.3 Å². The van der Waals surface area contributed by atoms with E-state index in [1.165, 1.54) is 37.1 Å². The molecule has 4 rings (SSSR count). The largest absolute Gasteiger partial charge is 0.497 e. The molecule has 0 fully saturated rings. The summed E-state index contributed by atoms with van der Waals surface area (Å²) >= 11 is 1.29. The standard InChI is InChI=1S/C22H19FN2O5S2/c1-28-16-8-6-15(7-9-16)25-32(26,27)17-10-11-21-19(14-17)24-22(30-21)31-13-12-29-20-5-3-2-4-18(20)23/h2-11,14,25H,12-13H2,1H3. The molecular weight excluding hydrogens is 455 g/mol. The van der Waals surface area contributed by atoms with Gasteiger partial charge < -0.3 is 13.9 Å². The Morgan fingerprint density at radius 2 is 1.88 bits per heavy atom. The van der Waals surface area contributed by atoms with Crippen LogP contribution in [0.25, 0.3) is 11.1 Å². The molecule has 0 aliphatic carbocycles. The molecule has 10 heteroatoms. The molecule has 166 valence electrons. The van der Waals surface area contributed by atoms with Crippen LogP contribution < -0.4 is 14.2 Å². The zero-order chi connectivity index (χ0) is 22.6. The fraction of sp³-hybridized carbons (Fsp3) is 0.136. The summed E-state index contributed by atoms with van der Waals surface area (Å²) in [4.78, 5) is 4.40. The number of nitrogens with zero attached hydrogens (tertiary/aromatic N) is 1. The second-order valence-corrected chi connectivity index (χ2v) is 9.30. The number of para-hydroxylation sites is 1. The van der Waals surface area contributed by atoms with E-state index in [0.717, 1.165) is 0 Å². The quantitative estimate of drug-likeness (QED) is 0.271. The lowest BCUT2D eigenvalue weighted by molar-refractivity contribution is 0.324. The van der Waals surface area contributed by atoms with Crippen molar-refractivity contribution in [1.29, 1.82) is 0 Å². The average molecular weight is 475 g/mol. The molecule has 0 aliphatic rings. The van der Waals surface area contributed by atoms with E-state index < -0.39 is 15.8 Å². The van der Waals surface area contributed by atoms with E-state index in [1.807, 2.05) is 0 Å². The Hall–Kier alpha value is -3.24. The lowest BCUT2D eigenvalue weighted by Crippen LogP contribution is -2.12. The van der Waals surface area contributed by atoms with Crippen molar-refractivity contribution in [3.8, 4) is 11.5 Å². The summed E-state index contributed by atoms with van der Waals surface area (Å²) in [5, 5.41) is 0.370. The molecule has 1 aromatic heterocycles. The Bertz CT molecular complexity index is 1320. The first-order valence-corrected chi connectivity index (χ1v) is 12.0. The number of hydrogen-bond donors (Lipinski definition) is 1. The smallest absolute Gasteiger partial charge is 0.261 e. The highest BCUT2D eigenvalue weighted by Gasteiger charge is 2.17. The summed E-state index contributed by atoms with van der Waals surface area (Å²) in [5.41, 5.74) is 1.29. The lowest BCUT2D eigenvalue weighted by atomic mass is 10.3. The number of halogens is 1. The van der Waals surface area contributed by atoms with Crippen LogP contribution in [0.2, 0.25) is 0 Å². The van der Waals surface area contributed by atoms with E-state index in [1.54, 1.807) is 48.5 Å². The van der Waals surface area contributed by atoms with Crippen LogP contribution in [0.5, 0.6) is 11.5 Å². The fourth-order valence-electron chi connectivity index (χ4n) is 2.83. The van der Waals surface area contributed by atoms with Crippen molar-refractivity contribution in [2.24, 2.45) is 0 Å². The van der Waals surface area contributed by atoms with Gasteiger partial charge in [-0.05, 0) is 54.6 Å². The van der Waals surface area contributed by atoms with E-state index in [0.29, 0.717) is 33.5 Å². The van der Waals surface area contributed by atoms with Crippen LogP contribution in [-0.2, 0) is 10.0 Å². The number of thioether (sulfide) groups is 1. The summed E-state index contributed by atoms with van der Waals surface area (Å²) in [6.45, 7) is 0.260. The van der Waals surface area contributed by atoms with Crippen molar-refractivity contribution >= 4 is 38.6 Å². The van der Waals surface area contributed by atoms with Gasteiger partial charge in [0.2, 0.25) is 0 Å². The molecule has 0 spiro atoms. The number of anilines is 1. The minimum Gasteiger partial charge on any atom is -0.497 e. The Morgan fingerprint density at radius 1 is 1.09 bits per heavy atom. The zero-order valence-electron chi connectivity index (χ0n) is 16.9. The van der Waals surface area contributed by atoms with Gasteiger partial charge in [-0.15, -0.1) is 0 Å². The van der Waals surface area contributed by atoms with Crippen molar-refractivity contribution in [2.45, 2.75) is 10.1 Å². The van der Waals surface area contributed by atoms with Gasteiger partial charge in [-0.3, -0.25) is 4.72 Å². The normalized spacial score (nSPS) is 11.4. The Balaban J connectivity index is 1.41. The SMILES string of the molecule is COc1ccc(NS(=O)(=O)c2ccc3oc(SCCOc4ccccc4F)nc3c2)cc1. The zero-order valence-corrected chi connectivity index (χ0v) is 18.6. The van der Waals surface area contributed by atoms with Gasteiger partial charge in [-0.2, -0.15) is 0 Å². The lowest BCUT2D eigenvalue weighted by Gasteiger charge is -2.08. The van der Waals surface area contributed by atoms with Crippen molar-refractivity contribution in [3.05, 3.63) is 72.5 Å².